The summed E-state index contributed by atoms with van der Waals surface area (Å²) in [7, 11) is -2.03. The summed E-state index contributed by atoms with van der Waals surface area (Å²) in [6.07, 6.45) is 1.37. The van der Waals surface area contributed by atoms with E-state index in [1.54, 1.807) is 7.05 Å². The molecular weight excluding hydrogens is 332 g/mol. The monoisotopic (exact) mass is 344 g/mol. The van der Waals surface area contributed by atoms with Crippen LogP contribution in [0.15, 0.2) is 39.8 Å². The first-order valence-corrected chi connectivity index (χ1v) is 7.69. The van der Waals surface area contributed by atoms with Crippen molar-refractivity contribution in [1.29, 1.82) is 0 Å². The molecule has 2 rings (SSSR count). The summed E-state index contributed by atoms with van der Waals surface area (Å²) in [6.45, 7) is 0.198. The topological polar surface area (TPSA) is 90.0 Å². The maximum atomic E-state index is 12.1. The second-order valence-corrected chi connectivity index (χ2v) is 6.65. The van der Waals surface area contributed by atoms with Crippen molar-refractivity contribution in [3.8, 4) is 0 Å². The average molecular weight is 345 g/mol. The fourth-order valence-corrected chi connectivity index (χ4v) is 2.93. The molecular formula is C11H13BrN4O2S. The van der Waals surface area contributed by atoms with Gasteiger partial charge in [-0.15, -0.1) is 0 Å². The Morgan fingerprint density at radius 2 is 2.00 bits per heavy atom. The number of halogens is 1. The number of nitrogens with two attached hydrogens (primary N) is 1. The van der Waals surface area contributed by atoms with Crippen molar-refractivity contribution in [2.45, 2.75) is 11.4 Å². The number of nitrogens with zero attached hydrogens (tertiary/aromatic N) is 2. The van der Waals surface area contributed by atoms with E-state index in [1.165, 1.54) is 10.9 Å². The number of anilines is 1. The highest BCUT2D eigenvalue weighted by molar-refractivity contribution is 9.10. The van der Waals surface area contributed by atoms with Gasteiger partial charge in [-0.05, 0) is 17.7 Å². The molecule has 1 heterocycles. The van der Waals surface area contributed by atoms with Gasteiger partial charge in [0, 0.05) is 24.3 Å². The van der Waals surface area contributed by atoms with Crippen LogP contribution < -0.4 is 10.5 Å². The fourth-order valence-electron chi connectivity index (χ4n) is 1.55. The van der Waals surface area contributed by atoms with Crippen LogP contribution in [0.5, 0.6) is 0 Å². The van der Waals surface area contributed by atoms with E-state index in [2.05, 4.69) is 25.8 Å². The molecule has 0 unspecified atom stereocenters. The molecule has 0 amide bonds. The molecule has 0 saturated heterocycles. The minimum absolute atomic E-state index is 0.00730. The number of aryl methyl sites for hydroxylation is 1. The van der Waals surface area contributed by atoms with Crippen molar-refractivity contribution in [1.82, 2.24) is 14.5 Å². The molecule has 1 aromatic heterocycles. The van der Waals surface area contributed by atoms with Crippen LogP contribution in [-0.2, 0) is 23.6 Å². The molecule has 8 heteroatoms. The number of rotatable bonds is 4. The van der Waals surface area contributed by atoms with E-state index in [9.17, 15) is 8.42 Å². The van der Waals surface area contributed by atoms with E-state index in [-0.39, 0.29) is 17.3 Å². The number of nitrogen functional groups attached to an aromatic ring is 1. The van der Waals surface area contributed by atoms with Gasteiger partial charge in [0.25, 0.3) is 0 Å². The molecule has 0 aliphatic rings. The van der Waals surface area contributed by atoms with Gasteiger partial charge in [0.15, 0.2) is 5.82 Å². The molecule has 0 aliphatic heterocycles. The Balaban J connectivity index is 2.14. The molecule has 0 bridgehead atoms. The van der Waals surface area contributed by atoms with Gasteiger partial charge in [0.05, 0.1) is 0 Å². The Morgan fingerprint density at radius 1 is 1.37 bits per heavy atom. The van der Waals surface area contributed by atoms with Crippen LogP contribution in [0, 0.1) is 0 Å². The molecule has 0 aliphatic carbocycles. The maximum absolute atomic E-state index is 12.1. The van der Waals surface area contributed by atoms with Gasteiger partial charge >= 0.3 is 0 Å². The zero-order valence-corrected chi connectivity index (χ0v) is 12.6. The highest BCUT2D eigenvalue weighted by Gasteiger charge is 2.20. The molecule has 2 aromatic rings. The summed E-state index contributed by atoms with van der Waals surface area (Å²) in [5.41, 5.74) is 6.41. The minimum atomic E-state index is -3.65. The van der Waals surface area contributed by atoms with Gasteiger partial charge in [0.1, 0.15) is 4.90 Å². The SMILES string of the molecule is Cn1cc(S(=O)(=O)NCc2ccc(Br)cc2)c(N)n1. The van der Waals surface area contributed by atoms with E-state index >= 15 is 0 Å². The first-order chi connectivity index (χ1) is 8.88. The molecule has 1 aromatic carbocycles. The Kier molecular flexibility index (Phi) is 3.93. The van der Waals surface area contributed by atoms with Crippen LogP contribution in [0.1, 0.15) is 5.56 Å². The minimum Gasteiger partial charge on any atom is -0.381 e. The summed E-state index contributed by atoms with van der Waals surface area (Å²) in [5.74, 6) is -0.00851. The van der Waals surface area contributed by atoms with Gasteiger partial charge in [0.2, 0.25) is 10.0 Å². The third-order valence-corrected chi connectivity index (χ3v) is 4.44. The lowest BCUT2D eigenvalue weighted by atomic mass is 10.2. The number of sulfonamides is 1. The standard InChI is InChI=1S/C11H13BrN4O2S/c1-16-7-10(11(13)15-16)19(17,18)14-6-8-2-4-9(12)5-3-8/h2-5,7,14H,6H2,1H3,(H2,13,15). The molecule has 0 atom stereocenters. The second kappa shape index (κ2) is 5.32. The third-order valence-electron chi connectivity index (χ3n) is 2.49. The molecule has 0 saturated carbocycles. The first-order valence-electron chi connectivity index (χ1n) is 5.42. The van der Waals surface area contributed by atoms with E-state index in [1.807, 2.05) is 24.3 Å². The molecule has 0 radical (unpaired) electrons. The molecule has 3 N–H and O–H groups in total. The van der Waals surface area contributed by atoms with Crippen molar-refractivity contribution >= 4 is 31.8 Å². The van der Waals surface area contributed by atoms with Gasteiger partial charge in [-0.1, -0.05) is 28.1 Å². The summed E-state index contributed by atoms with van der Waals surface area (Å²) >= 11 is 3.32. The van der Waals surface area contributed by atoms with Crippen LogP contribution >= 0.6 is 15.9 Å². The summed E-state index contributed by atoms with van der Waals surface area (Å²) < 4.78 is 28.9. The Morgan fingerprint density at radius 3 is 2.53 bits per heavy atom. The van der Waals surface area contributed by atoms with E-state index < -0.39 is 10.0 Å². The van der Waals surface area contributed by atoms with Crippen molar-refractivity contribution in [3.05, 3.63) is 40.5 Å². The number of hydrogen-bond acceptors (Lipinski definition) is 4. The van der Waals surface area contributed by atoms with Crippen LogP contribution in [-0.4, -0.2) is 18.2 Å². The summed E-state index contributed by atoms with van der Waals surface area (Å²) in [6, 6.07) is 7.36. The predicted octanol–water partition coefficient (Wildman–Crippen LogP) is 1.24. The Labute approximate surface area is 119 Å². The average Bonchev–Trinajstić information content (AvgIpc) is 2.69. The van der Waals surface area contributed by atoms with Gasteiger partial charge in [-0.2, -0.15) is 5.10 Å². The van der Waals surface area contributed by atoms with Crippen LogP contribution in [0.2, 0.25) is 0 Å². The lowest BCUT2D eigenvalue weighted by Gasteiger charge is -2.05. The van der Waals surface area contributed by atoms with Crippen molar-refractivity contribution < 1.29 is 8.42 Å². The smallest absolute Gasteiger partial charge is 0.246 e. The van der Waals surface area contributed by atoms with Crippen molar-refractivity contribution in [2.24, 2.45) is 7.05 Å². The predicted molar refractivity (Wildman–Crippen MR) is 75.8 cm³/mol. The largest absolute Gasteiger partial charge is 0.381 e. The lowest BCUT2D eigenvalue weighted by molar-refractivity contribution is 0.581. The molecule has 0 fully saturated rings. The zero-order chi connectivity index (χ0) is 14.0. The van der Waals surface area contributed by atoms with Gasteiger partial charge < -0.3 is 5.73 Å². The van der Waals surface area contributed by atoms with E-state index in [0.717, 1.165) is 10.0 Å². The fraction of sp³-hybridized carbons (Fsp3) is 0.182. The molecule has 19 heavy (non-hydrogen) atoms. The van der Waals surface area contributed by atoms with E-state index in [4.69, 9.17) is 5.73 Å². The zero-order valence-electron chi connectivity index (χ0n) is 10.2. The normalized spacial score (nSPS) is 11.7. The number of benzene rings is 1. The van der Waals surface area contributed by atoms with Gasteiger partial charge in [-0.3, -0.25) is 4.68 Å². The highest BCUT2D eigenvalue weighted by atomic mass is 79.9. The van der Waals surface area contributed by atoms with Crippen molar-refractivity contribution in [2.75, 3.05) is 5.73 Å². The summed E-state index contributed by atoms with van der Waals surface area (Å²) in [5, 5.41) is 3.81. The summed E-state index contributed by atoms with van der Waals surface area (Å²) in [4.78, 5) is -0.00730. The van der Waals surface area contributed by atoms with Crippen LogP contribution in [0.3, 0.4) is 0 Å². The Bertz CT molecular complexity index is 679. The highest BCUT2D eigenvalue weighted by Crippen LogP contribution is 2.16. The van der Waals surface area contributed by atoms with Crippen LogP contribution in [0.25, 0.3) is 0 Å². The molecule has 102 valence electrons. The number of aromatic nitrogens is 2. The molecule has 0 spiro atoms. The quantitative estimate of drug-likeness (QED) is 0.873. The van der Waals surface area contributed by atoms with Crippen LogP contribution in [0.4, 0.5) is 5.82 Å². The second-order valence-electron chi connectivity index (χ2n) is 4.00. The first kappa shape index (κ1) is 14.0. The van der Waals surface area contributed by atoms with Gasteiger partial charge in [-0.25, -0.2) is 13.1 Å². The molecule has 6 nitrogen and oxygen atoms in total. The number of hydrogen-bond donors (Lipinski definition) is 2. The number of nitrogens with one attached hydrogen (secondary N) is 1. The van der Waals surface area contributed by atoms with Crippen molar-refractivity contribution in [3.63, 3.8) is 0 Å². The van der Waals surface area contributed by atoms with E-state index in [0.29, 0.717) is 0 Å². The Hall–Kier alpha value is -1.38. The maximum Gasteiger partial charge on any atom is 0.246 e. The lowest BCUT2D eigenvalue weighted by Crippen LogP contribution is -2.23. The third kappa shape index (κ3) is 3.34.